The number of nitrogens with zero attached hydrogens (tertiary/aromatic N) is 2. The summed E-state index contributed by atoms with van der Waals surface area (Å²) in [6.07, 6.45) is 0. The fourth-order valence-electron chi connectivity index (χ4n) is 1.42. The van der Waals surface area contributed by atoms with Gasteiger partial charge >= 0.3 is 0 Å². The molecule has 0 unspecified atom stereocenters. The first-order valence-corrected chi connectivity index (χ1v) is 5.42. The van der Waals surface area contributed by atoms with Gasteiger partial charge in [-0.05, 0) is 24.3 Å². The Hall–Kier alpha value is -1.53. The summed E-state index contributed by atoms with van der Waals surface area (Å²) in [5.74, 6) is 0.616. The van der Waals surface area contributed by atoms with Crippen LogP contribution in [0.2, 0.25) is 0 Å². The molecule has 1 aromatic carbocycles. The summed E-state index contributed by atoms with van der Waals surface area (Å²) in [6.45, 7) is -0.214. The van der Waals surface area contributed by atoms with Gasteiger partial charge in [0.2, 0.25) is 0 Å². The van der Waals surface area contributed by atoms with E-state index in [2.05, 4.69) is 21.0 Å². The Morgan fingerprint density at radius 1 is 1.25 bits per heavy atom. The maximum absolute atomic E-state index is 9.08. The monoisotopic (exact) mass is 282 g/mol. The topological polar surface area (TPSA) is 90.1 Å². The van der Waals surface area contributed by atoms with Crippen LogP contribution in [0.25, 0.3) is 5.69 Å². The van der Waals surface area contributed by atoms with Crippen molar-refractivity contribution in [3.8, 4) is 5.69 Å². The zero-order chi connectivity index (χ0) is 11.7. The van der Waals surface area contributed by atoms with E-state index in [0.717, 1.165) is 10.2 Å². The lowest BCUT2D eigenvalue weighted by Crippen LogP contribution is -2.02. The van der Waals surface area contributed by atoms with Crippen LogP contribution in [0.15, 0.2) is 28.7 Å². The molecule has 2 rings (SSSR count). The number of nitrogen functional groups attached to an aromatic ring is 2. The van der Waals surface area contributed by atoms with Gasteiger partial charge in [-0.25, -0.2) is 4.68 Å². The van der Waals surface area contributed by atoms with Crippen molar-refractivity contribution in [2.24, 2.45) is 0 Å². The molecule has 5 N–H and O–H groups in total. The lowest BCUT2D eigenvalue weighted by Gasteiger charge is -2.04. The van der Waals surface area contributed by atoms with E-state index in [1.54, 1.807) is 0 Å². The second-order valence-electron chi connectivity index (χ2n) is 3.30. The maximum atomic E-state index is 9.08. The molecule has 0 amide bonds. The molecule has 0 aliphatic rings. The Morgan fingerprint density at radius 2 is 1.88 bits per heavy atom. The zero-order valence-corrected chi connectivity index (χ0v) is 9.98. The van der Waals surface area contributed by atoms with Crippen LogP contribution in [0.5, 0.6) is 0 Å². The molecule has 0 bridgehead atoms. The van der Waals surface area contributed by atoms with E-state index in [4.69, 9.17) is 16.6 Å². The molecule has 2 aromatic rings. The van der Waals surface area contributed by atoms with E-state index >= 15 is 0 Å². The van der Waals surface area contributed by atoms with Gasteiger partial charge in [-0.3, -0.25) is 0 Å². The van der Waals surface area contributed by atoms with E-state index in [-0.39, 0.29) is 12.4 Å². The minimum atomic E-state index is -0.214. The van der Waals surface area contributed by atoms with Gasteiger partial charge in [0.15, 0.2) is 5.82 Å². The van der Waals surface area contributed by atoms with Gasteiger partial charge in [-0.1, -0.05) is 15.9 Å². The van der Waals surface area contributed by atoms with E-state index in [1.165, 1.54) is 4.68 Å². The first-order valence-electron chi connectivity index (χ1n) is 4.63. The minimum absolute atomic E-state index is 0.214. The Labute approximate surface area is 101 Å². The second kappa shape index (κ2) is 4.15. The summed E-state index contributed by atoms with van der Waals surface area (Å²) in [4.78, 5) is 0. The van der Waals surface area contributed by atoms with Crippen LogP contribution >= 0.6 is 15.9 Å². The van der Waals surface area contributed by atoms with Gasteiger partial charge in [0.05, 0.1) is 17.9 Å². The molecule has 0 saturated heterocycles. The number of hydrogen-bond donors (Lipinski definition) is 3. The van der Waals surface area contributed by atoms with Gasteiger partial charge in [0, 0.05) is 4.47 Å². The Kier molecular flexibility index (Phi) is 2.84. The largest absolute Gasteiger partial charge is 0.391 e. The molecule has 0 aliphatic carbocycles. The fraction of sp³-hybridized carbons (Fsp3) is 0.100. The molecule has 16 heavy (non-hydrogen) atoms. The molecule has 0 fully saturated rings. The van der Waals surface area contributed by atoms with Crippen LogP contribution in [0.4, 0.5) is 11.6 Å². The van der Waals surface area contributed by atoms with Gasteiger partial charge < -0.3 is 16.6 Å². The van der Waals surface area contributed by atoms with Crippen molar-refractivity contribution < 1.29 is 5.11 Å². The lowest BCUT2D eigenvalue weighted by atomic mass is 10.3. The molecule has 5 nitrogen and oxygen atoms in total. The Balaban J connectivity index is 2.52. The molecule has 6 heteroatoms. The number of aliphatic hydroxyl groups excluding tert-OH is 1. The smallest absolute Gasteiger partial charge is 0.153 e. The maximum Gasteiger partial charge on any atom is 0.153 e. The van der Waals surface area contributed by atoms with Gasteiger partial charge in [0.1, 0.15) is 5.82 Å². The number of aliphatic hydroxyl groups is 1. The highest BCUT2D eigenvalue weighted by molar-refractivity contribution is 9.10. The summed E-state index contributed by atoms with van der Waals surface area (Å²) >= 11 is 3.34. The molecule has 0 aliphatic heterocycles. The molecule has 0 saturated carbocycles. The number of nitrogens with two attached hydrogens (primary N) is 2. The number of anilines is 2. The summed E-state index contributed by atoms with van der Waals surface area (Å²) in [5.41, 5.74) is 12.7. The van der Waals surface area contributed by atoms with Crippen molar-refractivity contribution in [3.05, 3.63) is 34.3 Å². The summed E-state index contributed by atoms with van der Waals surface area (Å²) in [7, 11) is 0. The third-order valence-corrected chi connectivity index (χ3v) is 2.81. The molecule has 84 valence electrons. The van der Waals surface area contributed by atoms with Gasteiger partial charge in [-0.15, -0.1) is 5.10 Å². The highest BCUT2D eigenvalue weighted by Gasteiger charge is 2.13. The summed E-state index contributed by atoms with van der Waals surface area (Å²) < 4.78 is 2.48. The van der Waals surface area contributed by atoms with Crippen molar-refractivity contribution >= 4 is 27.6 Å². The second-order valence-corrected chi connectivity index (χ2v) is 4.21. The SMILES string of the molecule is Nc1nn(-c2ccc(Br)cc2)c(N)c1CO. The van der Waals surface area contributed by atoms with Crippen LogP contribution in [0.1, 0.15) is 5.56 Å². The van der Waals surface area contributed by atoms with E-state index in [0.29, 0.717) is 11.4 Å². The average Bonchev–Trinajstić information content (AvgIpc) is 2.55. The highest BCUT2D eigenvalue weighted by atomic mass is 79.9. The van der Waals surface area contributed by atoms with E-state index in [9.17, 15) is 0 Å². The van der Waals surface area contributed by atoms with Crippen LogP contribution < -0.4 is 11.5 Å². The van der Waals surface area contributed by atoms with Crippen molar-refractivity contribution in [3.63, 3.8) is 0 Å². The third-order valence-electron chi connectivity index (χ3n) is 2.28. The average molecular weight is 283 g/mol. The zero-order valence-electron chi connectivity index (χ0n) is 8.39. The predicted octanol–water partition coefficient (Wildman–Crippen LogP) is 1.29. The molecule has 0 spiro atoms. The highest BCUT2D eigenvalue weighted by Crippen LogP contribution is 2.23. The molecular weight excluding hydrogens is 272 g/mol. The van der Waals surface area contributed by atoms with E-state index in [1.807, 2.05) is 24.3 Å². The van der Waals surface area contributed by atoms with Crippen LogP contribution in [0, 0.1) is 0 Å². The summed E-state index contributed by atoms with van der Waals surface area (Å²) in [5, 5.41) is 13.2. The molecular formula is C10H11BrN4O. The molecule has 0 atom stereocenters. The number of halogens is 1. The predicted molar refractivity (Wildman–Crippen MR) is 66.0 cm³/mol. The number of hydrogen-bond acceptors (Lipinski definition) is 4. The first-order chi connectivity index (χ1) is 7.63. The van der Waals surface area contributed by atoms with Gasteiger partial charge in [0.25, 0.3) is 0 Å². The number of aromatic nitrogens is 2. The third kappa shape index (κ3) is 1.77. The van der Waals surface area contributed by atoms with Gasteiger partial charge in [-0.2, -0.15) is 0 Å². The van der Waals surface area contributed by atoms with E-state index < -0.39 is 0 Å². The molecule has 1 aromatic heterocycles. The van der Waals surface area contributed by atoms with Crippen LogP contribution in [-0.4, -0.2) is 14.9 Å². The Morgan fingerprint density at radius 3 is 2.38 bits per heavy atom. The number of benzene rings is 1. The minimum Gasteiger partial charge on any atom is -0.391 e. The standard InChI is InChI=1S/C10H11BrN4O/c11-6-1-3-7(4-2-6)15-10(13)8(5-16)9(12)14-15/h1-4,16H,5,13H2,(H2,12,14). The Bertz CT molecular complexity index is 506. The van der Waals surface area contributed by atoms with Crippen molar-refractivity contribution in [2.45, 2.75) is 6.61 Å². The van der Waals surface area contributed by atoms with Crippen molar-refractivity contribution in [1.82, 2.24) is 9.78 Å². The van der Waals surface area contributed by atoms with Crippen LogP contribution in [0.3, 0.4) is 0 Å². The molecule has 1 heterocycles. The molecule has 0 radical (unpaired) electrons. The van der Waals surface area contributed by atoms with Crippen molar-refractivity contribution in [2.75, 3.05) is 11.5 Å². The quantitative estimate of drug-likeness (QED) is 0.774. The van der Waals surface area contributed by atoms with Crippen molar-refractivity contribution in [1.29, 1.82) is 0 Å². The lowest BCUT2D eigenvalue weighted by molar-refractivity contribution is 0.283. The normalized spacial score (nSPS) is 10.6. The van der Waals surface area contributed by atoms with Crippen LogP contribution in [-0.2, 0) is 6.61 Å². The summed E-state index contributed by atoms with van der Waals surface area (Å²) in [6, 6.07) is 7.47. The number of rotatable bonds is 2. The fourth-order valence-corrected chi connectivity index (χ4v) is 1.69. The first kappa shape index (κ1) is 11.0.